The number of hydrogen-bond donors (Lipinski definition) is 2. The van der Waals surface area contributed by atoms with Crippen LogP contribution in [-0.4, -0.2) is 17.7 Å². The van der Waals surface area contributed by atoms with E-state index in [1.54, 1.807) is 6.92 Å². The Morgan fingerprint density at radius 1 is 1.04 bits per heavy atom. The summed E-state index contributed by atoms with van der Waals surface area (Å²) in [5, 5.41) is 19.9. The van der Waals surface area contributed by atoms with Crippen molar-refractivity contribution in [1.82, 2.24) is 0 Å². The molecule has 5 heteroatoms. The summed E-state index contributed by atoms with van der Waals surface area (Å²) in [5.74, 6) is -0.594. The molecule has 0 atom stereocenters. The van der Waals surface area contributed by atoms with E-state index in [0.29, 0.717) is 5.00 Å². The zero-order chi connectivity index (χ0) is 18.1. The van der Waals surface area contributed by atoms with Crippen molar-refractivity contribution in [2.75, 3.05) is 11.9 Å². The van der Waals surface area contributed by atoms with Crippen LogP contribution in [0.4, 0.5) is 10.7 Å². The fourth-order valence-electron chi connectivity index (χ4n) is 2.99. The summed E-state index contributed by atoms with van der Waals surface area (Å²) in [6.45, 7) is 2.00. The number of aromatic hydroxyl groups is 1. The summed E-state index contributed by atoms with van der Waals surface area (Å²) >= 11 is 1.27. The summed E-state index contributed by atoms with van der Waals surface area (Å²) in [5.41, 5.74) is 1.02. The van der Waals surface area contributed by atoms with Crippen LogP contribution in [0.15, 0.2) is 60.0 Å². The lowest BCUT2D eigenvalue weighted by Crippen LogP contribution is -2.06. The Labute approximate surface area is 154 Å². The van der Waals surface area contributed by atoms with E-state index >= 15 is 0 Å². The molecule has 4 rings (SSSR count). The Kier molecular flexibility index (Phi) is 4.22. The number of ether oxygens (including phenoxy) is 1. The van der Waals surface area contributed by atoms with Crippen LogP contribution in [0, 0.1) is 0 Å². The summed E-state index contributed by atoms with van der Waals surface area (Å²) in [7, 11) is 0. The van der Waals surface area contributed by atoms with E-state index < -0.39 is 5.97 Å². The van der Waals surface area contributed by atoms with E-state index in [4.69, 9.17) is 4.74 Å². The van der Waals surface area contributed by atoms with Crippen LogP contribution >= 0.6 is 11.3 Å². The Bertz CT molecular complexity index is 1120. The first-order valence-corrected chi connectivity index (χ1v) is 9.21. The number of hydrogen-bond acceptors (Lipinski definition) is 5. The molecule has 1 heterocycles. The number of anilines is 2. The number of thiophene rings is 1. The number of esters is 1. The van der Waals surface area contributed by atoms with Gasteiger partial charge in [-0.1, -0.05) is 30.3 Å². The highest BCUT2D eigenvalue weighted by Gasteiger charge is 2.20. The maximum Gasteiger partial charge on any atom is 0.344 e. The molecule has 0 aliphatic rings. The highest BCUT2D eigenvalue weighted by molar-refractivity contribution is 7.15. The number of nitrogens with one attached hydrogen (secondary N) is 1. The highest BCUT2D eigenvalue weighted by atomic mass is 32.1. The monoisotopic (exact) mass is 363 g/mol. The minimum absolute atomic E-state index is 0.0669. The van der Waals surface area contributed by atoms with Gasteiger partial charge in [0, 0.05) is 11.1 Å². The molecule has 4 nitrogen and oxygen atoms in total. The Balaban J connectivity index is 1.72. The summed E-state index contributed by atoms with van der Waals surface area (Å²) < 4.78 is 5.03. The molecular formula is C21H17NO3S. The molecule has 0 bridgehead atoms. The lowest BCUT2D eigenvalue weighted by Gasteiger charge is -2.09. The molecule has 26 heavy (non-hydrogen) atoms. The second kappa shape index (κ2) is 6.69. The van der Waals surface area contributed by atoms with E-state index in [1.165, 1.54) is 27.5 Å². The summed E-state index contributed by atoms with van der Waals surface area (Å²) in [4.78, 5) is 12.1. The second-order valence-corrected chi connectivity index (χ2v) is 6.81. The van der Waals surface area contributed by atoms with Gasteiger partial charge in [-0.05, 0) is 52.7 Å². The van der Waals surface area contributed by atoms with Crippen LogP contribution in [0.5, 0.6) is 5.75 Å². The molecule has 2 N–H and O–H groups in total. The van der Waals surface area contributed by atoms with Gasteiger partial charge in [-0.25, -0.2) is 4.79 Å². The molecule has 0 saturated carbocycles. The van der Waals surface area contributed by atoms with E-state index in [-0.39, 0.29) is 17.9 Å². The van der Waals surface area contributed by atoms with Crippen molar-refractivity contribution in [3.63, 3.8) is 0 Å². The van der Waals surface area contributed by atoms with Crippen molar-refractivity contribution in [2.45, 2.75) is 6.92 Å². The molecule has 1 aromatic heterocycles. The third kappa shape index (κ3) is 2.97. The minimum atomic E-state index is -0.527. The standard InChI is InChI=1S/C21H17NO3S/c1-2-25-21(24)19-18(23)12-26-20(19)22-17-8-7-15-9-13-5-3-4-6-14(13)10-16(15)11-17/h3-12,22-23H,2H2,1H3. The molecule has 0 aliphatic carbocycles. The van der Waals surface area contributed by atoms with Crippen LogP contribution in [-0.2, 0) is 4.74 Å². The maximum atomic E-state index is 12.1. The van der Waals surface area contributed by atoms with Crippen LogP contribution in [0.3, 0.4) is 0 Å². The molecule has 0 unspecified atom stereocenters. The summed E-state index contributed by atoms with van der Waals surface area (Å²) in [6, 6.07) is 18.6. The quantitative estimate of drug-likeness (QED) is 0.362. The number of fused-ring (bicyclic) bond motifs is 2. The first-order valence-electron chi connectivity index (χ1n) is 8.33. The average molecular weight is 363 g/mol. The topological polar surface area (TPSA) is 58.6 Å². The van der Waals surface area contributed by atoms with Gasteiger partial charge in [-0.2, -0.15) is 0 Å². The van der Waals surface area contributed by atoms with Crippen molar-refractivity contribution in [3.05, 3.63) is 65.5 Å². The molecule has 0 aliphatic heterocycles. The lowest BCUT2D eigenvalue weighted by atomic mass is 10.0. The Morgan fingerprint density at radius 3 is 2.46 bits per heavy atom. The molecule has 130 valence electrons. The van der Waals surface area contributed by atoms with Crippen molar-refractivity contribution in [2.24, 2.45) is 0 Å². The molecular weight excluding hydrogens is 346 g/mol. The first kappa shape index (κ1) is 16.4. The fourth-order valence-corrected chi connectivity index (χ4v) is 3.82. The van der Waals surface area contributed by atoms with Gasteiger partial charge >= 0.3 is 5.97 Å². The summed E-state index contributed by atoms with van der Waals surface area (Å²) in [6.07, 6.45) is 0. The van der Waals surface area contributed by atoms with Crippen LogP contribution in [0.2, 0.25) is 0 Å². The van der Waals surface area contributed by atoms with Gasteiger partial charge in [0.25, 0.3) is 0 Å². The Morgan fingerprint density at radius 2 is 1.73 bits per heavy atom. The zero-order valence-corrected chi connectivity index (χ0v) is 15.0. The number of carbonyl (C=O) groups is 1. The lowest BCUT2D eigenvalue weighted by molar-refractivity contribution is 0.0525. The van der Waals surface area contributed by atoms with E-state index in [9.17, 15) is 9.90 Å². The Hall–Kier alpha value is -3.05. The third-order valence-electron chi connectivity index (χ3n) is 4.21. The number of carbonyl (C=O) groups excluding carboxylic acids is 1. The van der Waals surface area contributed by atoms with Gasteiger partial charge in [-0.15, -0.1) is 11.3 Å². The van der Waals surface area contributed by atoms with E-state index in [2.05, 4.69) is 29.6 Å². The van der Waals surface area contributed by atoms with Gasteiger partial charge in [0.15, 0.2) is 0 Å². The van der Waals surface area contributed by atoms with Crippen molar-refractivity contribution in [1.29, 1.82) is 0 Å². The van der Waals surface area contributed by atoms with Gasteiger partial charge in [0.05, 0.1) is 6.61 Å². The van der Waals surface area contributed by atoms with Crippen molar-refractivity contribution < 1.29 is 14.6 Å². The number of rotatable bonds is 4. The van der Waals surface area contributed by atoms with Crippen molar-refractivity contribution >= 4 is 49.5 Å². The van der Waals surface area contributed by atoms with E-state index in [1.807, 2.05) is 30.3 Å². The van der Waals surface area contributed by atoms with Crippen LogP contribution in [0.25, 0.3) is 21.5 Å². The average Bonchev–Trinajstić information content (AvgIpc) is 3.00. The molecule has 0 saturated heterocycles. The second-order valence-electron chi connectivity index (χ2n) is 5.93. The van der Waals surface area contributed by atoms with E-state index in [0.717, 1.165) is 16.5 Å². The molecule has 3 aromatic carbocycles. The van der Waals surface area contributed by atoms with Gasteiger partial charge in [0.1, 0.15) is 16.3 Å². The van der Waals surface area contributed by atoms with Gasteiger partial charge in [0.2, 0.25) is 0 Å². The third-order valence-corrected chi connectivity index (χ3v) is 5.10. The van der Waals surface area contributed by atoms with Gasteiger partial charge < -0.3 is 15.2 Å². The SMILES string of the molecule is CCOC(=O)c1c(O)csc1Nc1ccc2cc3ccccc3cc2c1. The normalized spacial score (nSPS) is 11.0. The molecule has 0 fully saturated rings. The molecule has 4 aromatic rings. The molecule has 0 spiro atoms. The highest BCUT2D eigenvalue weighted by Crippen LogP contribution is 2.36. The zero-order valence-electron chi connectivity index (χ0n) is 14.2. The molecule has 0 radical (unpaired) electrons. The van der Waals surface area contributed by atoms with Crippen LogP contribution < -0.4 is 5.32 Å². The molecule has 0 amide bonds. The minimum Gasteiger partial charge on any atom is -0.506 e. The fraction of sp³-hybridized carbons (Fsp3) is 0.0952. The first-order chi connectivity index (χ1) is 12.7. The van der Waals surface area contributed by atoms with Crippen LogP contribution in [0.1, 0.15) is 17.3 Å². The van der Waals surface area contributed by atoms with Crippen molar-refractivity contribution in [3.8, 4) is 5.75 Å². The predicted octanol–water partition coefficient (Wildman–Crippen LogP) is 5.68. The van der Waals surface area contributed by atoms with Gasteiger partial charge in [-0.3, -0.25) is 0 Å². The largest absolute Gasteiger partial charge is 0.506 e. The smallest absolute Gasteiger partial charge is 0.344 e. The maximum absolute atomic E-state index is 12.1. The predicted molar refractivity (Wildman–Crippen MR) is 107 cm³/mol. The number of benzene rings is 3.